The van der Waals surface area contributed by atoms with Gasteiger partial charge in [-0.25, -0.2) is 0 Å². The number of rotatable bonds is 2. The van der Waals surface area contributed by atoms with Crippen LogP contribution >= 0.6 is 0 Å². The zero-order valence-electron chi connectivity index (χ0n) is 11.0. The van der Waals surface area contributed by atoms with Crippen LogP contribution in [0.2, 0.25) is 0 Å². The first-order valence-electron chi connectivity index (χ1n) is 6.49. The summed E-state index contributed by atoms with van der Waals surface area (Å²) in [7, 11) is 0. The molecule has 0 aliphatic heterocycles. The average molecular weight is 248 g/mol. The molecule has 0 bridgehead atoms. The zero-order valence-corrected chi connectivity index (χ0v) is 11.0. The lowest BCUT2D eigenvalue weighted by Gasteiger charge is -2.39. The standard InChI is InChI=1S/C15H20O3/c1-11-6-5-7-13(10-11)15(17)9-4-3-8-14(15)18-12(2)16/h5-7,10,14,17H,3-4,8-9H2,1-2H3/t14-,15-/m1/s1. The van der Waals surface area contributed by atoms with E-state index in [0.717, 1.165) is 30.4 Å². The Hall–Kier alpha value is -1.35. The van der Waals surface area contributed by atoms with E-state index < -0.39 is 11.7 Å². The monoisotopic (exact) mass is 248 g/mol. The third kappa shape index (κ3) is 2.56. The normalized spacial score (nSPS) is 27.8. The summed E-state index contributed by atoms with van der Waals surface area (Å²) in [6.07, 6.45) is 2.90. The topological polar surface area (TPSA) is 46.5 Å². The highest BCUT2D eigenvalue weighted by molar-refractivity contribution is 5.66. The lowest BCUT2D eigenvalue weighted by molar-refractivity contribution is -0.171. The first-order chi connectivity index (χ1) is 8.52. The highest BCUT2D eigenvalue weighted by Gasteiger charge is 2.42. The Bertz CT molecular complexity index is 441. The maximum atomic E-state index is 11.2. The molecule has 1 aliphatic carbocycles. The van der Waals surface area contributed by atoms with Gasteiger partial charge in [-0.2, -0.15) is 0 Å². The molecule has 1 aromatic rings. The van der Waals surface area contributed by atoms with Crippen LogP contribution in [-0.4, -0.2) is 17.2 Å². The third-order valence-electron chi connectivity index (χ3n) is 3.63. The maximum absolute atomic E-state index is 11.2. The molecule has 0 spiro atoms. The quantitative estimate of drug-likeness (QED) is 0.818. The number of carbonyl (C=O) groups is 1. The van der Waals surface area contributed by atoms with Crippen LogP contribution in [0.25, 0.3) is 0 Å². The van der Waals surface area contributed by atoms with E-state index in [-0.39, 0.29) is 5.97 Å². The van der Waals surface area contributed by atoms with E-state index in [4.69, 9.17) is 4.74 Å². The average Bonchev–Trinajstić information content (AvgIpc) is 2.32. The van der Waals surface area contributed by atoms with Crippen molar-refractivity contribution in [3.63, 3.8) is 0 Å². The smallest absolute Gasteiger partial charge is 0.303 e. The van der Waals surface area contributed by atoms with E-state index >= 15 is 0 Å². The van der Waals surface area contributed by atoms with Gasteiger partial charge in [-0.3, -0.25) is 4.79 Å². The van der Waals surface area contributed by atoms with Crippen LogP contribution in [-0.2, 0) is 15.1 Å². The van der Waals surface area contributed by atoms with Crippen LogP contribution in [0.15, 0.2) is 24.3 Å². The first kappa shape index (κ1) is 13.1. The number of ether oxygens (including phenoxy) is 1. The molecule has 3 nitrogen and oxygen atoms in total. The van der Waals surface area contributed by atoms with Crippen LogP contribution in [0.3, 0.4) is 0 Å². The highest BCUT2D eigenvalue weighted by atomic mass is 16.6. The number of carbonyl (C=O) groups excluding carboxylic acids is 1. The molecule has 0 amide bonds. The van der Waals surface area contributed by atoms with Gasteiger partial charge < -0.3 is 9.84 Å². The second-order valence-corrected chi connectivity index (χ2v) is 5.14. The van der Waals surface area contributed by atoms with Gasteiger partial charge in [-0.15, -0.1) is 0 Å². The molecule has 0 radical (unpaired) electrons. The fourth-order valence-corrected chi connectivity index (χ4v) is 2.73. The van der Waals surface area contributed by atoms with Gasteiger partial charge in [-0.1, -0.05) is 29.8 Å². The molecule has 1 N–H and O–H groups in total. The fourth-order valence-electron chi connectivity index (χ4n) is 2.73. The van der Waals surface area contributed by atoms with E-state index in [9.17, 15) is 9.90 Å². The summed E-state index contributed by atoms with van der Waals surface area (Å²) in [5.74, 6) is -0.326. The van der Waals surface area contributed by atoms with Gasteiger partial charge in [-0.05, 0) is 38.2 Å². The fraction of sp³-hybridized carbons (Fsp3) is 0.533. The van der Waals surface area contributed by atoms with Gasteiger partial charge in [0.15, 0.2) is 0 Å². The Balaban J connectivity index is 2.32. The third-order valence-corrected chi connectivity index (χ3v) is 3.63. The lowest BCUT2D eigenvalue weighted by atomic mass is 9.77. The molecule has 0 saturated heterocycles. The molecule has 0 heterocycles. The molecule has 2 atom stereocenters. The SMILES string of the molecule is CC(=O)O[C@@H]1CCCC[C@@]1(O)c1cccc(C)c1. The summed E-state index contributed by atoms with van der Waals surface area (Å²) in [5.41, 5.74) is 0.928. The van der Waals surface area contributed by atoms with E-state index in [1.165, 1.54) is 6.92 Å². The summed E-state index contributed by atoms with van der Waals surface area (Å²) in [4.78, 5) is 11.2. The second-order valence-electron chi connectivity index (χ2n) is 5.14. The number of esters is 1. The number of benzene rings is 1. The maximum Gasteiger partial charge on any atom is 0.303 e. The number of hydrogen-bond acceptors (Lipinski definition) is 3. The highest BCUT2D eigenvalue weighted by Crippen LogP contribution is 2.39. The Morgan fingerprint density at radius 3 is 2.89 bits per heavy atom. The van der Waals surface area contributed by atoms with E-state index in [2.05, 4.69) is 0 Å². The van der Waals surface area contributed by atoms with Gasteiger partial charge in [0.05, 0.1) is 0 Å². The van der Waals surface area contributed by atoms with Crippen molar-refractivity contribution in [1.82, 2.24) is 0 Å². The number of aliphatic hydroxyl groups is 1. The molecular formula is C15H20O3. The summed E-state index contributed by atoms with van der Waals surface area (Å²) >= 11 is 0. The summed E-state index contributed by atoms with van der Waals surface area (Å²) in [6.45, 7) is 3.39. The number of aryl methyl sites for hydroxylation is 1. The molecule has 1 aliphatic rings. The second kappa shape index (κ2) is 5.11. The van der Waals surface area contributed by atoms with Gasteiger partial charge >= 0.3 is 5.97 Å². The summed E-state index contributed by atoms with van der Waals surface area (Å²) < 4.78 is 5.31. The van der Waals surface area contributed by atoms with Crippen LogP contribution in [0.1, 0.15) is 43.7 Å². The van der Waals surface area contributed by atoms with Crippen LogP contribution in [0.5, 0.6) is 0 Å². The Labute approximate surface area is 108 Å². The van der Waals surface area contributed by atoms with Crippen molar-refractivity contribution in [2.75, 3.05) is 0 Å². The molecule has 18 heavy (non-hydrogen) atoms. The molecule has 3 heteroatoms. The van der Waals surface area contributed by atoms with Crippen molar-refractivity contribution in [3.05, 3.63) is 35.4 Å². The summed E-state index contributed by atoms with van der Waals surface area (Å²) in [6, 6.07) is 7.81. The largest absolute Gasteiger partial charge is 0.459 e. The van der Waals surface area contributed by atoms with Crippen molar-refractivity contribution in [2.45, 2.75) is 51.2 Å². The molecule has 2 rings (SSSR count). The molecule has 0 aromatic heterocycles. The van der Waals surface area contributed by atoms with E-state index in [1.807, 2.05) is 31.2 Å². The van der Waals surface area contributed by atoms with Crippen molar-refractivity contribution in [2.24, 2.45) is 0 Å². The van der Waals surface area contributed by atoms with Crippen LogP contribution in [0, 0.1) is 6.92 Å². The lowest BCUT2D eigenvalue weighted by Crippen LogP contribution is -2.44. The predicted molar refractivity (Wildman–Crippen MR) is 69.1 cm³/mol. The number of hydrogen-bond donors (Lipinski definition) is 1. The zero-order chi connectivity index (χ0) is 13.2. The molecule has 1 fully saturated rings. The van der Waals surface area contributed by atoms with E-state index in [1.54, 1.807) is 0 Å². The molecule has 0 unspecified atom stereocenters. The van der Waals surface area contributed by atoms with Gasteiger partial charge in [0.2, 0.25) is 0 Å². The van der Waals surface area contributed by atoms with Crippen molar-refractivity contribution >= 4 is 5.97 Å². The Morgan fingerprint density at radius 2 is 2.22 bits per heavy atom. The minimum atomic E-state index is -1.03. The Morgan fingerprint density at radius 1 is 1.44 bits per heavy atom. The summed E-state index contributed by atoms with van der Waals surface area (Å²) in [5, 5.41) is 10.9. The van der Waals surface area contributed by atoms with Gasteiger partial charge in [0.25, 0.3) is 0 Å². The van der Waals surface area contributed by atoms with Crippen molar-refractivity contribution in [3.8, 4) is 0 Å². The minimum absolute atomic E-state index is 0.326. The molecule has 1 aromatic carbocycles. The van der Waals surface area contributed by atoms with Crippen LogP contribution in [0.4, 0.5) is 0 Å². The molecule has 1 saturated carbocycles. The van der Waals surface area contributed by atoms with E-state index in [0.29, 0.717) is 6.42 Å². The van der Waals surface area contributed by atoms with Gasteiger partial charge in [0, 0.05) is 6.92 Å². The first-order valence-corrected chi connectivity index (χ1v) is 6.49. The van der Waals surface area contributed by atoms with Crippen LogP contribution < -0.4 is 0 Å². The molecular weight excluding hydrogens is 228 g/mol. The van der Waals surface area contributed by atoms with Crippen molar-refractivity contribution in [1.29, 1.82) is 0 Å². The van der Waals surface area contributed by atoms with Gasteiger partial charge in [0.1, 0.15) is 11.7 Å². The predicted octanol–water partition coefficient (Wildman–Crippen LogP) is 2.69. The molecule has 98 valence electrons. The minimum Gasteiger partial charge on any atom is -0.459 e. The van der Waals surface area contributed by atoms with Crippen molar-refractivity contribution < 1.29 is 14.6 Å². The Kier molecular flexibility index (Phi) is 3.71.